The predicted octanol–water partition coefficient (Wildman–Crippen LogP) is 2.35. The van der Waals surface area contributed by atoms with Crippen LogP contribution in [0.25, 0.3) is 10.9 Å². The van der Waals surface area contributed by atoms with Gasteiger partial charge in [-0.05, 0) is 25.0 Å². The molecule has 1 aliphatic heterocycles. The number of alkyl halides is 3. The fourth-order valence-electron chi connectivity index (χ4n) is 2.83. The molecule has 0 spiro atoms. The lowest BCUT2D eigenvalue weighted by Gasteiger charge is -2.33. The third kappa shape index (κ3) is 3.06. The van der Waals surface area contributed by atoms with E-state index in [1.807, 2.05) is 0 Å². The molecule has 5 nitrogen and oxygen atoms in total. The molecule has 0 radical (unpaired) electrons. The van der Waals surface area contributed by atoms with Crippen molar-refractivity contribution in [2.24, 2.45) is 11.7 Å². The van der Waals surface area contributed by atoms with Crippen molar-refractivity contribution in [1.29, 1.82) is 0 Å². The molecule has 3 rings (SSSR count). The van der Waals surface area contributed by atoms with Crippen molar-refractivity contribution in [3.8, 4) is 0 Å². The summed E-state index contributed by atoms with van der Waals surface area (Å²) in [7, 11) is 0. The Morgan fingerprint density at radius 1 is 1.26 bits per heavy atom. The Labute approximate surface area is 130 Å². The first kappa shape index (κ1) is 15.5. The number of nitrogens with two attached hydrogens (primary N) is 1. The summed E-state index contributed by atoms with van der Waals surface area (Å²) in [5, 5.41) is 0.533. The Morgan fingerprint density at radius 3 is 2.70 bits per heavy atom. The molecule has 2 aromatic rings. The first-order valence-electron chi connectivity index (χ1n) is 7.24. The summed E-state index contributed by atoms with van der Waals surface area (Å²) < 4.78 is 39.2. The summed E-state index contributed by atoms with van der Waals surface area (Å²) in [6.45, 7) is 0.801. The van der Waals surface area contributed by atoms with Crippen LogP contribution in [0.15, 0.2) is 24.3 Å². The van der Waals surface area contributed by atoms with Gasteiger partial charge in [0.15, 0.2) is 0 Å². The van der Waals surface area contributed by atoms with Gasteiger partial charge < -0.3 is 10.6 Å². The van der Waals surface area contributed by atoms with E-state index < -0.39 is 17.9 Å². The van der Waals surface area contributed by atoms with Crippen LogP contribution in [-0.2, 0) is 11.0 Å². The second-order valence-electron chi connectivity index (χ2n) is 5.57. The van der Waals surface area contributed by atoms with Crippen molar-refractivity contribution in [2.45, 2.75) is 19.0 Å². The second-order valence-corrected chi connectivity index (χ2v) is 5.57. The van der Waals surface area contributed by atoms with Crippen molar-refractivity contribution in [3.05, 3.63) is 30.1 Å². The topological polar surface area (TPSA) is 72.1 Å². The summed E-state index contributed by atoms with van der Waals surface area (Å²) in [5.41, 5.74) is 5.57. The van der Waals surface area contributed by atoms with Gasteiger partial charge >= 0.3 is 6.18 Å². The van der Waals surface area contributed by atoms with Crippen molar-refractivity contribution < 1.29 is 18.0 Å². The molecule has 1 aromatic heterocycles. The third-order valence-electron chi connectivity index (χ3n) is 3.96. The predicted molar refractivity (Wildman–Crippen MR) is 78.7 cm³/mol. The smallest absolute Gasteiger partial charge is 0.369 e. The normalized spacial score (nSPS) is 19.1. The van der Waals surface area contributed by atoms with E-state index in [0.29, 0.717) is 24.8 Å². The molecule has 1 saturated heterocycles. The first-order chi connectivity index (χ1) is 10.9. The van der Waals surface area contributed by atoms with E-state index in [9.17, 15) is 18.0 Å². The van der Waals surface area contributed by atoms with E-state index in [2.05, 4.69) is 9.97 Å². The van der Waals surface area contributed by atoms with Crippen LogP contribution in [0.1, 0.15) is 18.7 Å². The van der Waals surface area contributed by atoms with E-state index >= 15 is 0 Å². The maximum atomic E-state index is 13.1. The van der Waals surface area contributed by atoms with Gasteiger partial charge in [0, 0.05) is 18.5 Å². The third-order valence-corrected chi connectivity index (χ3v) is 3.96. The summed E-state index contributed by atoms with van der Waals surface area (Å²) >= 11 is 0. The standard InChI is InChI=1S/C15H15F3N4O/c16-15(17,18)14-20-11-6-2-1-5-10(11)13(21-14)22-7-3-4-9(8-22)12(19)23/h1-2,5-6,9H,3-4,7-8H2,(H2,19,23)/t9-/m1/s1. The number of primary amides is 1. The number of fused-ring (bicyclic) bond motifs is 1. The highest BCUT2D eigenvalue weighted by Gasteiger charge is 2.36. The molecule has 2 heterocycles. The van der Waals surface area contributed by atoms with E-state index in [1.165, 1.54) is 6.07 Å². The molecule has 23 heavy (non-hydrogen) atoms. The number of nitrogens with zero attached hydrogens (tertiary/aromatic N) is 3. The van der Waals surface area contributed by atoms with Crippen LogP contribution < -0.4 is 10.6 Å². The van der Waals surface area contributed by atoms with E-state index in [-0.39, 0.29) is 23.8 Å². The van der Waals surface area contributed by atoms with E-state index in [4.69, 9.17) is 5.73 Å². The van der Waals surface area contributed by atoms with Crippen LogP contribution in [0.5, 0.6) is 0 Å². The van der Waals surface area contributed by atoms with Gasteiger partial charge in [0.1, 0.15) is 5.82 Å². The molecule has 1 aliphatic rings. The maximum Gasteiger partial charge on any atom is 0.451 e. The van der Waals surface area contributed by atoms with Crippen LogP contribution >= 0.6 is 0 Å². The highest BCUT2D eigenvalue weighted by Crippen LogP contribution is 2.33. The Morgan fingerprint density at radius 2 is 2.00 bits per heavy atom. The lowest BCUT2D eigenvalue weighted by Crippen LogP contribution is -2.41. The number of hydrogen-bond acceptors (Lipinski definition) is 4. The monoisotopic (exact) mass is 324 g/mol. The number of amides is 1. The van der Waals surface area contributed by atoms with Gasteiger partial charge in [0.25, 0.3) is 0 Å². The highest BCUT2D eigenvalue weighted by atomic mass is 19.4. The summed E-state index contributed by atoms with van der Waals surface area (Å²) in [4.78, 5) is 20.4. The van der Waals surface area contributed by atoms with Crippen LogP contribution in [0, 0.1) is 5.92 Å². The lowest BCUT2D eigenvalue weighted by molar-refractivity contribution is -0.144. The zero-order chi connectivity index (χ0) is 16.6. The van der Waals surface area contributed by atoms with Gasteiger partial charge in [-0.25, -0.2) is 9.97 Å². The Hall–Kier alpha value is -2.38. The SMILES string of the molecule is NC(=O)[C@@H]1CCCN(c2nc(C(F)(F)F)nc3ccccc23)C1. The van der Waals surface area contributed by atoms with Gasteiger partial charge in [-0.2, -0.15) is 13.2 Å². The highest BCUT2D eigenvalue weighted by molar-refractivity contribution is 5.90. The summed E-state index contributed by atoms with van der Waals surface area (Å²) in [6, 6.07) is 6.55. The van der Waals surface area contributed by atoms with Crippen molar-refractivity contribution in [2.75, 3.05) is 18.0 Å². The average Bonchev–Trinajstić information content (AvgIpc) is 2.53. The van der Waals surface area contributed by atoms with Gasteiger partial charge in [-0.1, -0.05) is 12.1 Å². The Kier molecular flexibility index (Phi) is 3.83. The number of anilines is 1. The molecule has 2 N–H and O–H groups in total. The summed E-state index contributed by atoms with van der Waals surface area (Å²) in [6.07, 6.45) is -3.31. The van der Waals surface area contributed by atoms with Gasteiger partial charge in [-0.3, -0.25) is 4.79 Å². The quantitative estimate of drug-likeness (QED) is 0.920. The van der Waals surface area contributed by atoms with Gasteiger partial charge in [0.05, 0.1) is 11.4 Å². The second kappa shape index (κ2) is 5.68. The number of carbonyl (C=O) groups is 1. The number of halogens is 3. The molecule has 0 bridgehead atoms. The van der Waals surface area contributed by atoms with Crippen molar-refractivity contribution in [3.63, 3.8) is 0 Å². The minimum Gasteiger partial charge on any atom is -0.369 e. The largest absolute Gasteiger partial charge is 0.451 e. The number of rotatable bonds is 2. The zero-order valence-electron chi connectivity index (χ0n) is 12.2. The van der Waals surface area contributed by atoms with E-state index in [1.54, 1.807) is 23.1 Å². The zero-order valence-corrected chi connectivity index (χ0v) is 12.2. The number of para-hydroxylation sites is 1. The number of aromatic nitrogens is 2. The van der Waals surface area contributed by atoms with Gasteiger partial charge in [0.2, 0.25) is 11.7 Å². The summed E-state index contributed by atoms with van der Waals surface area (Å²) in [5.74, 6) is -1.79. The molecule has 1 amide bonds. The molecule has 0 saturated carbocycles. The lowest BCUT2D eigenvalue weighted by atomic mass is 9.97. The average molecular weight is 324 g/mol. The van der Waals surface area contributed by atoms with Crippen molar-refractivity contribution >= 4 is 22.6 Å². The molecular weight excluding hydrogens is 309 g/mol. The molecule has 8 heteroatoms. The molecule has 1 fully saturated rings. The Balaban J connectivity index is 2.10. The Bertz CT molecular complexity index is 747. The van der Waals surface area contributed by atoms with Crippen molar-refractivity contribution in [1.82, 2.24) is 9.97 Å². The van der Waals surface area contributed by atoms with Crippen LogP contribution in [0.3, 0.4) is 0 Å². The minimum atomic E-state index is -4.63. The number of carbonyl (C=O) groups excluding carboxylic acids is 1. The molecular formula is C15H15F3N4O. The van der Waals surface area contributed by atoms with Gasteiger partial charge in [-0.15, -0.1) is 0 Å². The molecule has 0 aliphatic carbocycles. The van der Waals surface area contributed by atoms with E-state index in [0.717, 1.165) is 0 Å². The molecule has 1 atom stereocenters. The minimum absolute atomic E-state index is 0.203. The fraction of sp³-hybridized carbons (Fsp3) is 0.400. The van der Waals surface area contributed by atoms with Crippen LogP contribution in [0.2, 0.25) is 0 Å². The first-order valence-corrected chi connectivity index (χ1v) is 7.24. The fourth-order valence-corrected chi connectivity index (χ4v) is 2.83. The number of hydrogen-bond donors (Lipinski definition) is 1. The number of benzene rings is 1. The molecule has 122 valence electrons. The molecule has 1 aromatic carbocycles. The molecule has 0 unspecified atom stereocenters. The number of piperidine rings is 1. The van der Waals surface area contributed by atoms with Crippen LogP contribution in [-0.4, -0.2) is 29.0 Å². The van der Waals surface area contributed by atoms with Crippen LogP contribution in [0.4, 0.5) is 19.0 Å². The maximum absolute atomic E-state index is 13.1.